The molecule has 7 nitrogen and oxygen atoms in total. The zero-order chi connectivity index (χ0) is 19.2. The van der Waals surface area contributed by atoms with Gasteiger partial charge in [0.15, 0.2) is 4.34 Å². The number of nitrogens with two attached hydrogens (primary N) is 1. The summed E-state index contributed by atoms with van der Waals surface area (Å²) in [6.45, 7) is 4.80. The second-order valence-electron chi connectivity index (χ2n) is 5.81. The molecule has 144 valence electrons. The van der Waals surface area contributed by atoms with Crippen molar-refractivity contribution in [1.29, 1.82) is 0 Å². The van der Waals surface area contributed by atoms with Gasteiger partial charge in [0.25, 0.3) is 5.91 Å². The van der Waals surface area contributed by atoms with Crippen LogP contribution < -0.4 is 10.6 Å². The first-order valence-corrected chi connectivity index (χ1v) is 11.4. The van der Waals surface area contributed by atoms with Crippen LogP contribution in [0.1, 0.15) is 17.3 Å². The molecule has 1 aliphatic rings. The van der Waals surface area contributed by atoms with Crippen LogP contribution in [0.25, 0.3) is 0 Å². The molecule has 2 aromatic rings. The smallest absolute Gasteiger partial charge is 0.255 e. The van der Waals surface area contributed by atoms with Crippen molar-refractivity contribution in [2.24, 2.45) is 5.73 Å². The molecule has 3 rings (SSSR count). The minimum atomic E-state index is -0.370. The molecule has 0 aliphatic carbocycles. The molecule has 0 bridgehead atoms. The van der Waals surface area contributed by atoms with Crippen molar-refractivity contribution in [3.8, 4) is 0 Å². The molecule has 0 unspecified atom stereocenters. The van der Waals surface area contributed by atoms with Crippen molar-refractivity contribution < 1.29 is 9.59 Å². The van der Waals surface area contributed by atoms with Gasteiger partial charge < -0.3 is 15.5 Å². The van der Waals surface area contributed by atoms with E-state index in [4.69, 9.17) is 5.73 Å². The Morgan fingerprint density at radius 1 is 1.15 bits per heavy atom. The molecule has 27 heavy (non-hydrogen) atoms. The quantitative estimate of drug-likeness (QED) is 0.683. The van der Waals surface area contributed by atoms with Gasteiger partial charge in [0, 0.05) is 31.1 Å². The van der Waals surface area contributed by atoms with Crippen LogP contribution in [0.4, 0.5) is 5.13 Å². The Hall–Kier alpha value is -1.78. The molecule has 0 spiro atoms. The number of nitrogens with zero attached hydrogens (tertiary/aromatic N) is 4. The number of amides is 2. The van der Waals surface area contributed by atoms with Crippen LogP contribution in [0.5, 0.6) is 0 Å². The predicted molar refractivity (Wildman–Crippen MR) is 111 cm³/mol. The highest BCUT2D eigenvalue weighted by atomic mass is 32.2. The van der Waals surface area contributed by atoms with E-state index in [-0.39, 0.29) is 17.6 Å². The summed E-state index contributed by atoms with van der Waals surface area (Å²) in [7, 11) is 0. The normalized spacial score (nSPS) is 14.4. The van der Waals surface area contributed by atoms with Crippen molar-refractivity contribution in [3.63, 3.8) is 0 Å². The van der Waals surface area contributed by atoms with Crippen LogP contribution in [0, 0.1) is 0 Å². The molecule has 0 atom stereocenters. The van der Waals surface area contributed by atoms with E-state index in [0.717, 1.165) is 25.7 Å². The summed E-state index contributed by atoms with van der Waals surface area (Å²) in [6.07, 6.45) is 0. The maximum atomic E-state index is 12.9. The molecular formula is C17H21N5O2S3. The molecule has 2 amide bonds. The molecular weight excluding hydrogens is 402 g/mol. The number of benzene rings is 1. The average molecular weight is 424 g/mol. The number of hydrogen-bond acceptors (Lipinski definition) is 8. The summed E-state index contributed by atoms with van der Waals surface area (Å²) in [4.78, 5) is 28.8. The lowest BCUT2D eigenvalue weighted by atomic mass is 10.2. The molecule has 1 aliphatic heterocycles. The van der Waals surface area contributed by atoms with Crippen molar-refractivity contribution in [1.82, 2.24) is 15.1 Å². The fourth-order valence-electron chi connectivity index (χ4n) is 2.72. The Morgan fingerprint density at radius 2 is 1.89 bits per heavy atom. The van der Waals surface area contributed by atoms with E-state index >= 15 is 0 Å². The van der Waals surface area contributed by atoms with Gasteiger partial charge in [-0.05, 0) is 17.9 Å². The molecule has 10 heteroatoms. The van der Waals surface area contributed by atoms with Gasteiger partial charge in [0.1, 0.15) is 0 Å². The molecule has 1 fully saturated rings. The van der Waals surface area contributed by atoms with Crippen LogP contribution >= 0.6 is 34.9 Å². The van der Waals surface area contributed by atoms with E-state index in [1.165, 1.54) is 23.1 Å². The Bertz CT molecular complexity index is 805. The Kier molecular flexibility index (Phi) is 6.97. The number of anilines is 1. The van der Waals surface area contributed by atoms with Crippen molar-refractivity contribution in [3.05, 3.63) is 29.8 Å². The van der Waals surface area contributed by atoms with E-state index in [2.05, 4.69) is 22.0 Å². The highest BCUT2D eigenvalue weighted by molar-refractivity contribution is 8.01. The molecule has 1 saturated heterocycles. The number of primary amides is 1. The van der Waals surface area contributed by atoms with Crippen molar-refractivity contribution in [2.45, 2.75) is 16.2 Å². The van der Waals surface area contributed by atoms with Gasteiger partial charge in [-0.25, -0.2) is 0 Å². The van der Waals surface area contributed by atoms with Gasteiger partial charge >= 0.3 is 0 Å². The lowest BCUT2D eigenvalue weighted by Gasteiger charge is -2.34. The van der Waals surface area contributed by atoms with Gasteiger partial charge in [-0.2, -0.15) is 0 Å². The van der Waals surface area contributed by atoms with Gasteiger partial charge in [-0.3, -0.25) is 9.59 Å². The Labute approximate surface area is 170 Å². The van der Waals surface area contributed by atoms with Crippen LogP contribution in [-0.2, 0) is 4.79 Å². The van der Waals surface area contributed by atoms with Gasteiger partial charge in [-0.1, -0.05) is 42.2 Å². The van der Waals surface area contributed by atoms with E-state index in [1.807, 2.05) is 29.2 Å². The predicted octanol–water partition coefficient (Wildman–Crippen LogP) is 2.19. The first-order valence-electron chi connectivity index (χ1n) is 8.59. The van der Waals surface area contributed by atoms with E-state index in [0.29, 0.717) is 26.2 Å². The number of hydrogen-bond donors (Lipinski definition) is 1. The highest BCUT2D eigenvalue weighted by Gasteiger charge is 2.25. The maximum absolute atomic E-state index is 12.9. The largest absolute Gasteiger partial charge is 0.369 e. The van der Waals surface area contributed by atoms with Gasteiger partial charge in [-0.15, -0.1) is 22.0 Å². The van der Waals surface area contributed by atoms with Crippen LogP contribution in [0.15, 0.2) is 33.5 Å². The van der Waals surface area contributed by atoms with Crippen molar-refractivity contribution >= 4 is 51.8 Å². The van der Waals surface area contributed by atoms with E-state index in [9.17, 15) is 9.59 Å². The molecule has 0 saturated carbocycles. The lowest BCUT2D eigenvalue weighted by molar-refractivity contribution is -0.115. The average Bonchev–Trinajstić information content (AvgIpc) is 3.16. The third-order valence-corrected chi connectivity index (χ3v) is 7.08. The molecule has 1 aromatic carbocycles. The molecule has 1 aromatic heterocycles. The molecule has 0 radical (unpaired) electrons. The molecule has 2 heterocycles. The highest BCUT2D eigenvalue weighted by Crippen LogP contribution is 2.29. The Balaban J connectivity index is 1.59. The number of aromatic nitrogens is 2. The second kappa shape index (κ2) is 9.43. The van der Waals surface area contributed by atoms with Crippen molar-refractivity contribution in [2.75, 3.05) is 42.6 Å². The third kappa shape index (κ3) is 5.14. The number of carbonyl (C=O) groups excluding carboxylic acids is 2. The zero-order valence-electron chi connectivity index (χ0n) is 15.0. The fourth-order valence-corrected chi connectivity index (χ4v) is 5.15. The summed E-state index contributed by atoms with van der Waals surface area (Å²) < 4.78 is 0.729. The number of piperazine rings is 1. The SMILES string of the molecule is CCSc1ccccc1C(=O)N1CCN(c2nnc(SCC(N)=O)s2)CC1. The summed E-state index contributed by atoms with van der Waals surface area (Å²) in [5.74, 6) is 0.851. The summed E-state index contributed by atoms with van der Waals surface area (Å²) in [5, 5.41) is 9.11. The second-order valence-corrected chi connectivity index (χ2v) is 9.30. The number of carbonyl (C=O) groups is 2. The summed E-state index contributed by atoms with van der Waals surface area (Å²) in [6, 6.07) is 7.79. The summed E-state index contributed by atoms with van der Waals surface area (Å²) in [5.41, 5.74) is 5.94. The van der Waals surface area contributed by atoms with Crippen LogP contribution in [0.3, 0.4) is 0 Å². The van der Waals surface area contributed by atoms with Crippen LogP contribution in [-0.4, -0.2) is 64.6 Å². The molecule has 2 N–H and O–H groups in total. The first-order chi connectivity index (χ1) is 13.1. The minimum absolute atomic E-state index is 0.0844. The number of rotatable bonds is 7. The summed E-state index contributed by atoms with van der Waals surface area (Å²) >= 11 is 4.44. The van der Waals surface area contributed by atoms with Gasteiger partial charge in [0.2, 0.25) is 11.0 Å². The first kappa shape index (κ1) is 20.0. The van der Waals surface area contributed by atoms with E-state index in [1.54, 1.807) is 11.8 Å². The maximum Gasteiger partial charge on any atom is 0.255 e. The third-order valence-electron chi connectivity index (χ3n) is 3.99. The van der Waals surface area contributed by atoms with Gasteiger partial charge in [0.05, 0.1) is 11.3 Å². The Morgan fingerprint density at radius 3 is 2.59 bits per heavy atom. The number of thioether (sulfide) groups is 2. The standard InChI is InChI=1S/C17H21N5O2S3/c1-2-25-13-6-4-3-5-12(13)15(24)21-7-9-22(10-8-21)16-19-20-17(27-16)26-11-14(18)23/h3-6H,2,7-11H2,1H3,(H2,18,23). The fraction of sp³-hybridized carbons (Fsp3) is 0.412. The minimum Gasteiger partial charge on any atom is -0.369 e. The van der Waals surface area contributed by atoms with E-state index < -0.39 is 0 Å². The van der Waals surface area contributed by atoms with Crippen LogP contribution in [0.2, 0.25) is 0 Å². The topological polar surface area (TPSA) is 92.4 Å². The monoisotopic (exact) mass is 423 g/mol. The zero-order valence-corrected chi connectivity index (χ0v) is 17.4. The lowest BCUT2D eigenvalue weighted by Crippen LogP contribution is -2.48.